The Morgan fingerprint density at radius 3 is 2.52 bits per heavy atom. The Labute approximate surface area is 163 Å². The molecule has 1 heterocycles. The molecule has 8 heteroatoms. The van der Waals surface area contributed by atoms with Gasteiger partial charge in [-0.15, -0.1) is 0 Å². The highest BCUT2D eigenvalue weighted by Crippen LogP contribution is 2.21. The lowest BCUT2D eigenvalue weighted by Gasteiger charge is -2.35. The number of guanidine groups is 1. The van der Waals surface area contributed by atoms with Gasteiger partial charge in [-0.1, -0.05) is 30.3 Å². The summed E-state index contributed by atoms with van der Waals surface area (Å²) in [5.74, 6) is 0.851. The van der Waals surface area contributed by atoms with Crippen LogP contribution >= 0.6 is 0 Å². The maximum atomic E-state index is 11.3. The van der Waals surface area contributed by atoms with Crippen molar-refractivity contribution < 1.29 is 13.2 Å². The van der Waals surface area contributed by atoms with Crippen LogP contribution in [0, 0.1) is 0 Å². The number of aliphatic imine (C=N–C) groups is 1. The van der Waals surface area contributed by atoms with Gasteiger partial charge in [-0.25, -0.2) is 8.42 Å². The molecule has 0 spiro atoms. The van der Waals surface area contributed by atoms with E-state index in [1.165, 1.54) is 11.8 Å². The van der Waals surface area contributed by atoms with Crippen LogP contribution < -0.4 is 10.6 Å². The Morgan fingerprint density at radius 2 is 1.93 bits per heavy atom. The molecule has 0 bridgehead atoms. The van der Waals surface area contributed by atoms with E-state index in [0.717, 1.165) is 26.3 Å². The van der Waals surface area contributed by atoms with Crippen molar-refractivity contribution in [1.29, 1.82) is 0 Å². The second-order valence-corrected chi connectivity index (χ2v) is 9.25. The summed E-state index contributed by atoms with van der Waals surface area (Å²) in [7, 11) is -1.23. The SMILES string of the molecule is CN=C(NCC(c1ccccc1)N1CCOCC1)NC(C)CCS(C)(=O)=O. The van der Waals surface area contributed by atoms with E-state index in [1.807, 2.05) is 13.0 Å². The molecule has 2 atom stereocenters. The first-order chi connectivity index (χ1) is 12.9. The van der Waals surface area contributed by atoms with Crippen molar-refractivity contribution in [2.24, 2.45) is 4.99 Å². The lowest BCUT2D eigenvalue weighted by Crippen LogP contribution is -2.48. The third kappa shape index (κ3) is 7.86. The molecular weight excluding hydrogens is 364 g/mol. The number of benzene rings is 1. The highest BCUT2D eigenvalue weighted by Gasteiger charge is 2.23. The van der Waals surface area contributed by atoms with Crippen LogP contribution in [0.25, 0.3) is 0 Å². The quantitative estimate of drug-likeness (QED) is 0.505. The van der Waals surface area contributed by atoms with Gasteiger partial charge in [-0.05, 0) is 18.9 Å². The van der Waals surface area contributed by atoms with Crippen LogP contribution in [0.5, 0.6) is 0 Å². The van der Waals surface area contributed by atoms with Crippen LogP contribution in [-0.4, -0.2) is 77.2 Å². The normalized spacial score (nSPS) is 18.7. The third-order valence-electron chi connectivity index (χ3n) is 4.66. The van der Waals surface area contributed by atoms with Crippen molar-refractivity contribution in [3.63, 3.8) is 0 Å². The molecule has 2 unspecified atom stereocenters. The maximum absolute atomic E-state index is 11.3. The molecule has 2 rings (SSSR count). The van der Waals surface area contributed by atoms with E-state index in [-0.39, 0.29) is 17.8 Å². The fraction of sp³-hybridized carbons (Fsp3) is 0.632. The number of ether oxygens (including phenoxy) is 1. The molecule has 7 nitrogen and oxygen atoms in total. The Kier molecular flexibility index (Phi) is 8.53. The number of nitrogens with one attached hydrogen (secondary N) is 2. The number of sulfone groups is 1. The molecule has 1 fully saturated rings. The number of nitrogens with zero attached hydrogens (tertiary/aromatic N) is 2. The Bertz CT molecular complexity index is 688. The fourth-order valence-electron chi connectivity index (χ4n) is 3.11. The second-order valence-electron chi connectivity index (χ2n) is 6.99. The Balaban J connectivity index is 1.95. The molecule has 0 radical (unpaired) electrons. The highest BCUT2D eigenvalue weighted by atomic mass is 32.2. The molecule has 0 aliphatic carbocycles. The molecule has 0 saturated carbocycles. The first-order valence-corrected chi connectivity index (χ1v) is 11.5. The van der Waals surface area contributed by atoms with Crippen LogP contribution in [0.15, 0.2) is 35.3 Å². The van der Waals surface area contributed by atoms with Crippen LogP contribution in [0.3, 0.4) is 0 Å². The highest BCUT2D eigenvalue weighted by molar-refractivity contribution is 7.90. The zero-order chi connectivity index (χ0) is 19.7. The van der Waals surface area contributed by atoms with Gasteiger partial charge in [-0.2, -0.15) is 0 Å². The van der Waals surface area contributed by atoms with Crippen molar-refractivity contribution in [2.75, 3.05) is 51.9 Å². The van der Waals surface area contributed by atoms with E-state index in [9.17, 15) is 8.42 Å². The van der Waals surface area contributed by atoms with Crippen LogP contribution in [0.4, 0.5) is 0 Å². The zero-order valence-corrected chi connectivity index (χ0v) is 17.3. The molecule has 1 aromatic carbocycles. The minimum absolute atomic E-state index is 0.0180. The summed E-state index contributed by atoms with van der Waals surface area (Å²) in [5, 5.41) is 6.68. The smallest absolute Gasteiger partial charge is 0.191 e. The van der Waals surface area contributed by atoms with E-state index in [1.54, 1.807) is 7.05 Å². The van der Waals surface area contributed by atoms with Crippen molar-refractivity contribution in [3.8, 4) is 0 Å². The summed E-state index contributed by atoms with van der Waals surface area (Å²) < 4.78 is 28.2. The number of morpholine rings is 1. The summed E-state index contributed by atoms with van der Waals surface area (Å²) in [6, 6.07) is 10.7. The van der Waals surface area contributed by atoms with Crippen molar-refractivity contribution in [3.05, 3.63) is 35.9 Å². The number of hydrogen-bond donors (Lipinski definition) is 2. The summed E-state index contributed by atoms with van der Waals surface area (Å²) in [4.78, 5) is 6.71. The monoisotopic (exact) mass is 396 g/mol. The summed E-state index contributed by atoms with van der Waals surface area (Å²) >= 11 is 0. The van der Waals surface area contributed by atoms with E-state index in [0.29, 0.717) is 18.9 Å². The van der Waals surface area contributed by atoms with Crippen LogP contribution in [-0.2, 0) is 14.6 Å². The predicted octanol–water partition coefficient (Wildman–Crippen LogP) is 1.05. The van der Waals surface area contributed by atoms with E-state index >= 15 is 0 Å². The van der Waals surface area contributed by atoms with E-state index in [2.05, 4.69) is 44.8 Å². The lowest BCUT2D eigenvalue weighted by atomic mass is 10.0. The minimum atomic E-state index is -2.96. The van der Waals surface area contributed by atoms with Gasteiger partial charge in [-0.3, -0.25) is 9.89 Å². The average molecular weight is 397 g/mol. The van der Waals surface area contributed by atoms with Crippen LogP contribution in [0.2, 0.25) is 0 Å². The van der Waals surface area contributed by atoms with Gasteiger partial charge >= 0.3 is 0 Å². The van der Waals surface area contributed by atoms with Gasteiger partial charge < -0.3 is 15.4 Å². The first-order valence-electron chi connectivity index (χ1n) is 9.40. The maximum Gasteiger partial charge on any atom is 0.191 e. The molecule has 0 aromatic heterocycles. The Hall–Kier alpha value is -1.64. The number of rotatable bonds is 8. The van der Waals surface area contributed by atoms with Crippen molar-refractivity contribution in [2.45, 2.75) is 25.4 Å². The second kappa shape index (κ2) is 10.6. The summed E-state index contributed by atoms with van der Waals surface area (Å²) in [6.45, 7) is 5.98. The van der Waals surface area contributed by atoms with Gasteiger partial charge in [0.05, 0.1) is 25.0 Å². The largest absolute Gasteiger partial charge is 0.379 e. The third-order valence-corrected chi connectivity index (χ3v) is 5.64. The molecule has 27 heavy (non-hydrogen) atoms. The van der Waals surface area contributed by atoms with E-state index in [4.69, 9.17) is 4.74 Å². The van der Waals surface area contributed by atoms with E-state index < -0.39 is 9.84 Å². The molecule has 1 aromatic rings. The Morgan fingerprint density at radius 1 is 1.26 bits per heavy atom. The average Bonchev–Trinajstić information content (AvgIpc) is 2.67. The van der Waals surface area contributed by atoms with Gasteiger partial charge in [0.1, 0.15) is 9.84 Å². The molecule has 1 aliphatic rings. The van der Waals surface area contributed by atoms with Crippen molar-refractivity contribution >= 4 is 15.8 Å². The van der Waals surface area contributed by atoms with Gasteiger partial charge in [0, 0.05) is 39.0 Å². The van der Waals surface area contributed by atoms with Crippen molar-refractivity contribution in [1.82, 2.24) is 15.5 Å². The number of hydrogen-bond acceptors (Lipinski definition) is 5. The summed E-state index contributed by atoms with van der Waals surface area (Å²) in [5.41, 5.74) is 1.26. The zero-order valence-electron chi connectivity index (χ0n) is 16.5. The van der Waals surface area contributed by atoms with Gasteiger partial charge in [0.15, 0.2) is 5.96 Å². The molecule has 0 amide bonds. The lowest BCUT2D eigenvalue weighted by molar-refractivity contribution is 0.0170. The first kappa shape index (κ1) is 21.7. The predicted molar refractivity (Wildman–Crippen MR) is 110 cm³/mol. The molecule has 1 saturated heterocycles. The topological polar surface area (TPSA) is 83.0 Å². The minimum Gasteiger partial charge on any atom is -0.379 e. The fourth-order valence-corrected chi connectivity index (χ4v) is 3.89. The molecular formula is C19H32N4O3S. The van der Waals surface area contributed by atoms with Gasteiger partial charge in [0.25, 0.3) is 0 Å². The molecule has 152 valence electrons. The van der Waals surface area contributed by atoms with Crippen LogP contribution in [0.1, 0.15) is 24.9 Å². The molecule has 2 N–H and O–H groups in total. The molecule has 1 aliphatic heterocycles. The standard InChI is InChI=1S/C19H32N4O3S/c1-16(9-14-27(3,24)25)22-19(20-2)21-15-18(17-7-5-4-6-8-17)23-10-12-26-13-11-23/h4-8,16,18H,9-15H2,1-3H3,(H2,20,21,22). The van der Waals surface area contributed by atoms with Gasteiger partial charge in [0.2, 0.25) is 0 Å². The summed E-state index contributed by atoms with van der Waals surface area (Å²) in [6.07, 6.45) is 1.81.